The zero-order valence-electron chi connectivity index (χ0n) is 10.1. The first kappa shape index (κ1) is 12.8. The van der Waals surface area contributed by atoms with Gasteiger partial charge in [0.1, 0.15) is 0 Å². The monoisotopic (exact) mass is 303 g/mol. The minimum absolute atomic E-state index is 0.308. The molecule has 0 heterocycles. The Hall–Kier alpha value is -1.61. The number of carbonyl (C=O) groups is 1. The fourth-order valence-electron chi connectivity index (χ4n) is 1.93. The molecular weight excluding hydrogens is 290 g/mol. The third-order valence-electron chi connectivity index (χ3n) is 2.99. The van der Waals surface area contributed by atoms with Crippen LogP contribution in [0.2, 0.25) is 0 Å². The molecule has 0 fully saturated rings. The zero-order chi connectivity index (χ0) is 13.1. The van der Waals surface area contributed by atoms with Crippen molar-refractivity contribution >= 4 is 21.8 Å². The van der Waals surface area contributed by atoms with Gasteiger partial charge in [-0.25, -0.2) is 0 Å². The first-order valence-electron chi connectivity index (χ1n) is 5.74. The molecule has 18 heavy (non-hydrogen) atoms. The lowest BCUT2D eigenvalue weighted by molar-refractivity contribution is -0.119. The highest BCUT2D eigenvalue weighted by Gasteiger charge is 2.16. The summed E-state index contributed by atoms with van der Waals surface area (Å²) in [6, 6.07) is 15.9. The topological polar surface area (TPSA) is 43.1 Å². The van der Waals surface area contributed by atoms with E-state index >= 15 is 0 Å². The minimum Gasteiger partial charge on any atom is -0.369 e. The van der Waals surface area contributed by atoms with E-state index in [0.29, 0.717) is 0 Å². The van der Waals surface area contributed by atoms with Gasteiger partial charge < -0.3 is 5.73 Å². The fraction of sp³-hybridized carbons (Fsp3) is 0.133. The lowest BCUT2D eigenvalue weighted by atomic mass is 9.91. The summed E-state index contributed by atoms with van der Waals surface area (Å²) in [6.07, 6.45) is 0. The van der Waals surface area contributed by atoms with Crippen molar-refractivity contribution < 1.29 is 4.79 Å². The summed E-state index contributed by atoms with van der Waals surface area (Å²) in [6.45, 7) is 1.83. The molecule has 0 aliphatic heterocycles. The van der Waals surface area contributed by atoms with E-state index in [9.17, 15) is 4.79 Å². The normalized spacial score (nSPS) is 12.1. The van der Waals surface area contributed by atoms with Crippen LogP contribution in [0, 0.1) is 0 Å². The van der Waals surface area contributed by atoms with Crippen LogP contribution in [0.1, 0.15) is 18.4 Å². The molecule has 2 rings (SSSR count). The molecule has 0 spiro atoms. The molecule has 2 aromatic carbocycles. The van der Waals surface area contributed by atoms with Crippen molar-refractivity contribution in [3.8, 4) is 11.1 Å². The molecule has 0 saturated heterocycles. The Morgan fingerprint density at radius 3 is 2.44 bits per heavy atom. The van der Waals surface area contributed by atoms with E-state index in [1.807, 2.05) is 55.5 Å². The van der Waals surface area contributed by atoms with Gasteiger partial charge in [0.15, 0.2) is 0 Å². The lowest BCUT2D eigenvalue weighted by Gasteiger charge is -2.14. The fourth-order valence-corrected chi connectivity index (χ4v) is 2.30. The average molecular weight is 304 g/mol. The molecular formula is C15H14BrNO. The number of nitrogens with two attached hydrogens (primary N) is 1. The van der Waals surface area contributed by atoms with Gasteiger partial charge in [0, 0.05) is 4.47 Å². The molecule has 1 unspecified atom stereocenters. The van der Waals surface area contributed by atoms with Gasteiger partial charge in [-0.3, -0.25) is 4.79 Å². The number of hydrogen-bond donors (Lipinski definition) is 1. The van der Waals surface area contributed by atoms with Crippen molar-refractivity contribution in [2.75, 3.05) is 0 Å². The van der Waals surface area contributed by atoms with Gasteiger partial charge in [-0.15, -0.1) is 0 Å². The molecule has 3 heteroatoms. The number of halogens is 1. The quantitative estimate of drug-likeness (QED) is 0.923. The van der Waals surface area contributed by atoms with Crippen LogP contribution in [0.5, 0.6) is 0 Å². The number of benzene rings is 2. The van der Waals surface area contributed by atoms with E-state index in [4.69, 9.17) is 5.73 Å². The number of carbonyl (C=O) groups excluding carboxylic acids is 1. The zero-order valence-corrected chi connectivity index (χ0v) is 11.6. The van der Waals surface area contributed by atoms with Crippen LogP contribution in [0.4, 0.5) is 0 Å². The Morgan fingerprint density at radius 1 is 1.17 bits per heavy atom. The number of amides is 1. The van der Waals surface area contributed by atoms with Crippen LogP contribution in [0.3, 0.4) is 0 Å². The highest BCUT2D eigenvalue weighted by atomic mass is 79.9. The van der Waals surface area contributed by atoms with Crippen LogP contribution < -0.4 is 5.73 Å². The van der Waals surface area contributed by atoms with E-state index in [1.165, 1.54) is 0 Å². The smallest absolute Gasteiger partial charge is 0.224 e. The Balaban J connectivity index is 2.57. The molecule has 2 nitrogen and oxygen atoms in total. The molecule has 1 amide bonds. The van der Waals surface area contributed by atoms with Crippen LogP contribution in [0.15, 0.2) is 53.0 Å². The second-order valence-corrected chi connectivity index (χ2v) is 5.14. The van der Waals surface area contributed by atoms with Gasteiger partial charge in [-0.2, -0.15) is 0 Å². The number of rotatable bonds is 3. The van der Waals surface area contributed by atoms with Crippen molar-refractivity contribution in [1.29, 1.82) is 0 Å². The van der Waals surface area contributed by atoms with Gasteiger partial charge in [0.25, 0.3) is 0 Å². The second-order valence-electron chi connectivity index (χ2n) is 4.22. The van der Waals surface area contributed by atoms with Gasteiger partial charge in [-0.05, 0) is 35.7 Å². The molecule has 0 saturated carbocycles. The van der Waals surface area contributed by atoms with Crippen molar-refractivity contribution in [3.05, 3.63) is 58.6 Å². The maximum Gasteiger partial charge on any atom is 0.224 e. The summed E-state index contributed by atoms with van der Waals surface area (Å²) in [7, 11) is 0. The summed E-state index contributed by atoms with van der Waals surface area (Å²) in [4.78, 5) is 11.4. The first-order valence-corrected chi connectivity index (χ1v) is 6.53. The Kier molecular flexibility index (Phi) is 3.82. The van der Waals surface area contributed by atoms with Gasteiger partial charge in [0.2, 0.25) is 5.91 Å². The Morgan fingerprint density at radius 2 is 1.83 bits per heavy atom. The molecule has 0 bridgehead atoms. The largest absolute Gasteiger partial charge is 0.369 e. The van der Waals surface area contributed by atoms with Crippen LogP contribution >= 0.6 is 15.9 Å². The van der Waals surface area contributed by atoms with Crippen LogP contribution in [0.25, 0.3) is 11.1 Å². The van der Waals surface area contributed by atoms with Crippen LogP contribution in [-0.4, -0.2) is 5.91 Å². The summed E-state index contributed by atoms with van der Waals surface area (Å²) in [5, 5.41) is 0. The number of primary amides is 1. The van der Waals surface area contributed by atoms with Crippen molar-refractivity contribution in [2.45, 2.75) is 12.8 Å². The third kappa shape index (κ3) is 2.62. The summed E-state index contributed by atoms with van der Waals surface area (Å²) >= 11 is 3.43. The molecule has 0 radical (unpaired) electrons. The summed E-state index contributed by atoms with van der Waals surface area (Å²) in [5.74, 6) is -0.622. The van der Waals surface area contributed by atoms with Crippen molar-refractivity contribution in [3.63, 3.8) is 0 Å². The summed E-state index contributed by atoms with van der Waals surface area (Å²) < 4.78 is 0.949. The van der Waals surface area contributed by atoms with Crippen LogP contribution in [-0.2, 0) is 4.79 Å². The van der Waals surface area contributed by atoms with Gasteiger partial charge >= 0.3 is 0 Å². The van der Waals surface area contributed by atoms with E-state index < -0.39 is 0 Å². The standard InChI is InChI=1S/C15H14BrNO/c1-10(15(17)18)14-9-12(16)7-8-13(14)11-5-3-2-4-6-11/h2-10H,1H3,(H2,17,18). The highest BCUT2D eigenvalue weighted by Crippen LogP contribution is 2.31. The predicted molar refractivity (Wildman–Crippen MR) is 77.2 cm³/mol. The van der Waals surface area contributed by atoms with E-state index in [1.54, 1.807) is 0 Å². The SMILES string of the molecule is CC(C(N)=O)c1cc(Br)ccc1-c1ccccc1. The molecule has 0 aromatic heterocycles. The maximum absolute atomic E-state index is 11.4. The average Bonchev–Trinajstić information content (AvgIpc) is 2.38. The van der Waals surface area contributed by atoms with Crippen molar-refractivity contribution in [1.82, 2.24) is 0 Å². The predicted octanol–water partition coefficient (Wildman–Crippen LogP) is 3.70. The third-order valence-corrected chi connectivity index (χ3v) is 3.48. The first-order chi connectivity index (χ1) is 8.59. The number of hydrogen-bond acceptors (Lipinski definition) is 1. The highest BCUT2D eigenvalue weighted by molar-refractivity contribution is 9.10. The van der Waals surface area contributed by atoms with E-state index in [2.05, 4.69) is 15.9 Å². The molecule has 2 N–H and O–H groups in total. The molecule has 2 aromatic rings. The van der Waals surface area contributed by atoms with E-state index in [0.717, 1.165) is 21.2 Å². The molecule has 0 aliphatic rings. The van der Waals surface area contributed by atoms with Gasteiger partial charge in [-0.1, -0.05) is 52.3 Å². The molecule has 1 atom stereocenters. The minimum atomic E-state index is -0.315. The lowest BCUT2D eigenvalue weighted by Crippen LogP contribution is -2.19. The molecule has 92 valence electrons. The summed E-state index contributed by atoms with van der Waals surface area (Å²) in [5.41, 5.74) is 8.50. The van der Waals surface area contributed by atoms with E-state index in [-0.39, 0.29) is 11.8 Å². The van der Waals surface area contributed by atoms with Gasteiger partial charge in [0.05, 0.1) is 5.92 Å². The van der Waals surface area contributed by atoms with Crippen molar-refractivity contribution in [2.24, 2.45) is 5.73 Å². The Labute approximate surface area is 115 Å². The Bertz CT molecular complexity index is 566. The maximum atomic E-state index is 11.4. The second kappa shape index (κ2) is 5.36. The molecule has 0 aliphatic carbocycles.